The van der Waals surface area contributed by atoms with Crippen molar-refractivity contribution in [2.24, 2.45) is 17.8 Å². The van der Waals surface area contributed by atoms with E-state index in [1.807, 2.05) is 13.8 Å². The second kappa shape index (κ2) is 39.6. The maximum atomic E-state index is 14.0. The molecule has 96 heavy (non-hydrogen) atoms. The Morgan fingerprint density at radius 3 is 1.22 bits per heavy atom. The molecule has 3 saturated heterocycles. The van der Waals surface area contributed by atoms with Gasteiger partial charge in [-0.15, -0.1) is 22.7 Å². The summed E-state index contributed by atoms with van der Waals surface area (Å²) in [6.45, 7) is 33.5. The zero-order valence-corrected chi connectivity index (χ0v) is 67.1. The first-order valence-corrected chi connectivity index (χ1v) is 38.9. The topological polar surface area (TPSA) is 258 Å². The molecule has 6 aromatic rings. The molecule has 3 atom stereocenters. The van der Waals surface area contributed by atoms with Crippen LogP contribution in [-0.2, 0) is 67.1 Å². The van der Waals surface area contributed by atoms with Crippen molar-refractivity contribution >= 4 is 142 Å². The van der Waals surface area contributed by atoms with E-state index in [1.165, 1.54) is 57.5 Å². The summed E-state index contributed by atoms with van der Waals surface area (Å²) in [4.78, 5) is 60.1. The Bertz CT molecular complexity index is 3890. The van der Waals surface area contributed by atoms with E-state index < -0.39 is 52.6 Å². The first-order chi connectivity index (χ1) is 43.2. The van der Waals surface area contributed by atoms with Gasteiger partial charge in [-0.05, 0) is 136 Å². The van der Waals surface area contributed by atoms with E-state index in [-0.39, 0.29) is 86.5 Å². The fourth-order valence-corrected chi connectivity index (χ4v) is 16.8. The monoisotopic (exact) mass is 1590 g/mol. The van der Waals surface area contributed by atoms with Gasteiger partial charge in [-0.25, -0.2) is 53.4 Å². The SMILES string of the molecule is CC(C)[C@@H]1CN(c2ccc(F)c(S(C)(=O)=O)c2)CCN1.CCc1sc(Br)nc1C.CCc1sc(N2CCN(c3ccc(F)c(S(C)(=O)=O)c3)C[C@H]2C(C)C)nc1C.Cc1nc(N2CCN(c3ccc(F)c(S(C)(=O)=O)c3)C[C@H]2C(C)C)sc1C(C)(C)O.O=C=O.O=C=O.[Br-].[CH3-].[Mg+2]. The predicted molar refractivity (Wildman–Crippen MR) is 378 cm³/mol. The maximum absolute atomic E-state index is 14.0. The maximum Gasteiger partial charge on any atom is 2.00 e. The predicted octanol–water partition coefficient (Wildman–Crippen LogP) is 7.83. The minimum absolute atomic E-state index is 0. The number of sulfone groups is 3. The third-order valence-electron chi connectivity index (χ3n) is 15.6. The molecule has 3 fully saturated rings. The van der Waals surface area contributed by atoms with E-state index in [0.717, 1.165) is 118 Å². The molecule has 0 amide bonds. The molecule has 530 valence electrons. The Balaban J connectivity index is 0.000000647. The molecule has 3 aliphatic heterocycles. The number of halogens is 5. The van der Waals surface area contributed by atoms with Crippen LogP contribution >= 0.6 is 49.9 Å². The zero-order chi connectivity index (χ0) is 70.2. The fourth-order valence-electron chi connectivity index (χ4n) is 10.7. The second-order valence-electron chi connectivity index (χ2n) is 24.1. The van der Waals surface area contributed by atoms with Crippen LogP contribution in [0.25, 0.3) is 0 Å². The molecule has 3 aromatic heterocycles. The molecular weight excluding hydrogens is 1500 g/mol. The Hall–Kier alpha value is -4.40. The van der Waals surface area contributed by atoms with Crippen LogP contribution in [0.5, 0.6) is 0 Å². The van der Waals surface area contributed by atoms with Crippen molar-refractivity contribution in [2.45, 2.75) is 141 Å². The van der Waals surface area contributed by atoms with Crippen molar-refractivity contribution in [3.63, 3.8) is 0 Å². The van der Waals surface area contributed by atoms with E-state index in [4.69, 9.17) is 29.1 Å². The number of piperazine rings is 3. The average Bonchev–Trinajstić information content (AvgIpc) is 1.54. The Morgan fingerprint density at radius 2 is 0.927 bits per heavy atom. The minimum atomic E-state index is -3.64. The standard InChI is InChI=1S/C21H30FN3O3S2.C20H28FN3O2S2.C14H21FN2O2S.C6H8BrNS.2CO2.CH3.BrH.Mg/c1-13(2)17-12-24(15-7-8-16(22)18(11-15)30(6,27)28)9-10-25(17)20-23-14(3)19(29-20)21(4,5)26;1-6-18-14(4)22-20(27-18)24-10-9-23(12-17(24)13(2)3)15-7-8-16(21)19(11-15)28(5,25)26;1-10(2)13-9-17(7-6-16-13)11-4-5-12(15)14(8-11)20(3,18)19;1-3-5-4(2)8-6(7)9-5;2*2-1-3;;;/h7-8,11,13,17,26H,9-10,12H2,1-6H3;7-8,11,13,17H,6,9-10,12H2,1-5H3;4-5,8,10,13,16H,6-7,9H2,1-3H3;3H2,1-2H3;;;1H3;1H;/q;;;;;;-1;;+2/p-1/t2*17-;13-;;;;;;/m000....../s1. The summed E-state index contributed by atoms with van der Waals surface area (Å²) in [6.07, 6.45) is 5.67. The third-order valence-corrected chi connectivity index (χ3v) is 23.6. The Morgan fingerprint density at radius 1 is 0.583 bits per heavy atom. The summed E-state index contributed by atoms with van der Waals surface area (Å²) in [5.74, 6) is -0.905. The van der Waals surface area contributed by atoms with E-state index in [1.54, 1.807) is 54.7 Å². The number of carbonyl (C=O) groups excluding carboxylic acids is 4. The van der Waals surface area contributed by atoms with Crippen LogP contribution in [0.4, 0.5) is 40.5 Å². The van der Waals surface area contributed by atoms with Gasteiger partial charge >= 0.3 is 35.4 Å². The summed E-state index contributed by atoms with van der Waals surface area (Å²) in [5, 5.41) is 15.8. The zero-order valence-electron chi connectivity index (χ0n) is 57.6. The van der Waals surface area contributed by atoms with Gasteiger partial charge in [0.25, 0.3) is 0 Å². The largest absolute Gasteiger partial charge is 2.00 e. The number of aryl methyl sites for hydroxylation is 5. The molecule has 9 rings (SSSR count). The van der Waals surface area contributed by atoms with Crippen LogP contribution in [0, 0.1) is 63.4 Å². The molecule has 0 unspecified atom stereocenters. The van der Waals surface area contributed by atoms with E-state index in [0.29, 0.717) is 49.1 Å². The van der Waals surface area contributed by atoms with Crippen LogP contribution in [0.15, 0.2) is 73.2 Å². The van der Waals surface area contributed by atoms with Crippen LogP contribution in [0.2, 0.25) is 0 Å². The molecule has 3 aliphatic rings. The number of anilines is 5. The van der Waals surface area contributed by atoms with Gasteiger partial charge in [-0.2, -0.15) is 19.2 Å². The molecule has 32 heteroatoms. The van der Waals surface area contributed by atoms with Gasteiger partial charge in [0.1, 0.15) is 32.1 Å². The van der Waals surface area contributed by atoms with E-state index in [9.17, 15) is 43.5 Å². The van der Waals surface area contributed by atoms with Crippen molar-refractivity contribution in [3.8, 4) is 0 Å². The van der Waals surface area contributed by atoms with Gasteiger partial charge in [-0.1, -0.05) is 66.7 Å². The number of nitrogens with one attached hydrogen (secondary N) is 1. The summed E-state index contributed by atoms with van der Waals surface area (Å²) < 4.78 is 113. The number of hydrogen-bond acceptors (Lipinski definition) is 23. The number of nitrogens with zero attached hydrogens (tertiary/aromatic N) is 8. The fraction of sp³-hybridized carbons (Fsp3) is 0.531. The van der Waals surface area contributed by atoms with Gasteiger partial charge in [0, 0.05) is 111 Å². The van der Waals surface area contributed by atoms with Crippen molar-refractivity contribution in [1.82, 2.24) is 20.3 Å². The first-order valence-electron chi connectivity index (χ1n) is 30.0. The third kappa shape index (κ3) is 25.3. The van der Waals surface area contributed by atoms with Crippen LogP contribution in [0.3, 0.4) is 0 Å². The molecule has 0 radical (unpaired) electrons. The second-order valence-corrected chi connectivity index (χ2v) is 34.5. The molecule has 6 heterocycles. The van der Waals surface area contributed by atoms with Gasteiger partial charge < -0.3 is 59.3 Å². The number of benzene rings is 3. The van der Waals surface area contributed by atoms with Gasteiger partial charge in [0.15, 0.2) is 43.7 Å². The molecule has 0 spiro atoms. The molecule has 20 nitrogen and oxygen atoms in total. The van der Waals surface area contributed by atoms with E-state index >= 15 is 0 Å². The Labute approximate surface area is 613 Å². The first kappa shape index (κ1) is 89.6. The smallest absolute Gasteiger partial charge is 1.00 e. The Kier molecular flexibility index (Phi) is 36.9. The average molecular weight is 1590 g/mol. The molecule has 3 aromatic carbocycles. The van der Waals surface area contributed by atoms with Crippen molar-refractivity contribution in [2.75, 3.05) is 102 Å². The quantitative estimate of drug-likeness (QED) is 0.0778. The van der Waals surface area contributed by atoms with Crippen molar-refractivity contribution in [3.05, 3.63) is 115 Å². The number of aromatic nitrogens is 3. The van der Waals surface area contributed by atoms with Gasteiger partial charge in [0.05, 0.1) is 39.6 Å². The number of hydrogen-bond donors (Lipinski definition) is 2. The molecular formula is C64H90Br2F3MgN9O11S6. The molecule has 2 N–H and O–H groups in total. The van der Waals surface area contributed by atoms with Crippen LogP contribution < -0.4 is 46.8 Å². The molecule has 0 bridgehead atoms. The van der Waals surface area contributed by atoms with Gasteiger partial charge in [0.2, 0.25) is 0 Å². The summed E-state index contributed by atoms with van der Waals surface area (Å²) >= 11 is 8.33. The number of thiazole rings is 3. The van der Waals surface area contributed by atoms with Crippen LogP contribution in [-0.4, -0.2) is 176 Å². The van der Waals surface area contributed by atoms with Crippen molar-refractivity contribution in [1.29, 1.82) is 0 Å². The van der Waals surface area contributed by atoms with E-state index in [2.05, 4.69) is 113 Å². The number of aliphatic hydroxyl groups is 1. The number of rotatable bonds is 14. The summed E-state index contributed by atoms with van der Waals surface area (Å²) in [5.41, 5.74) is 4.37. The summed E-state index contributed by atoms with van der Waals surface area (Å²) in [7, 11) is -10.8. The summed E-state index contributed by atoms with van der Waals surface area (Å²) in [6, 6.07) is 13.7. The molecule has 0 saturated carbocycles. The van der Waals surface area contributed by atoms with Crippen molar-refractivity contribution < 1.29 is 79.7 Å². The van der Waals surface area contributed by atoms with Gasteiger partial charge in [-0.3, -0.25) is 0 Å². The minimum Gasteiger partial charge on any atom is -1.00 e. The normalized spacial score (nSPS) is 16.4. The molecule has 0 aliphatic carbocycles. The van der Waals surface area contributed by atoms with Crippen LogP contribution in [0.1, 0.15) is 101 Å².